The highest BCUT2D eigenvalue weighted by atomic mass is 127. The lowest BCUT2D eigenvalue weighted by molar-refractivity contribution is 0.191. The van der Waals surface area contributed by atoms with E-state index in [4.69, 9.17) is 0 Å². The summed E-state index contributed by atoms with van der Waals surface area (Å²) in [6.45, 7) is -0.891. The fourth-order valence-corrected chi connectivity index (χ4v) is 2.39. The minimum Gasteiger partial charge on any atom is -0.463 e. The second-order valence-electron chi connectivity index (χ2n) is 1.95. The Morgan fingerprint density at radius 2 is 1.75 bits per heavy atom. The van der Waals surface area contributed by atoms with Gasteiger partial charge in [0.2, 0.25) is 6.86 Å². The minimum absolute atomic E-state index is 0.289. The van der Waals surface area contributed by atoms with Crippen LogP contribution < -0.4 is 4.74 Å². The standard InChI is InChI=1S/C7H4F2I2O/c8-3-12-4-1-5(10)7(9)6(11)2-4/h1-2H,3H2. The molecule has 0 aliphatic rings. The summed E-state index contributed by atoms with van der Waals surface area (Å²) >= 11 is 3.67. The van der Waals surface area contributed by atoms with Gasteiger partial charge in [0.15, 0.2) is 0 Å². The van der Waals surface area contributed by atoms with E-state index in [9.17, 15) is 8.78 Å². The molecular weight excluding hydrogens is 392 g/mol. The van der Waals surface area contributed by atoms with Crippen molar-refractivity contribution in [2.75, 3.05) is 6.86 Å². The SMILES string of the molecule is FCOc1cc(I)c(F)c(I)c1. The number of halogens is 4. The number of hydrogen-bond donors (Lipinski definition) is 0. The molecule has 0 heterocycles. The first-order chi connectivity index (χ1) is 5.65. The maximum Gasteiger partial charge on any atom is 0.228 e. The van der Waals surface area contributed by atoms with Gasteiger partial charge in [-0.25, -0.2) is 8.78 Å². The van der Waals surface area contributed by atoms with Crippen LogP contribution in [0.4, 0.5) is 8.78 Å². The Balaban J connectivity index is 3.04. The summed E-state index contributed by atoms with van der Waals surface area (Å²) in [4.78, 5) is 0. The van der Waals surface area contributed by atoms with Crippen molar-refractivity contribution >= 4 is 45.2 Å². The average Bonchev–Trinajstić information content (AvgIpc) is 2.01. The monoisotopic (exact) mass is 396 g/mol. The van der Waals surface area contributed by atoms with Crippen molar-refractivity contribution < 1.29 is 13.5 Å². The summed E-state index contributed by atoms with van der Waals surface area (Å²) in [5.41, 5.74) is 0. The van der Waals surface area contributed by atoms with E-state index in [1.807, 2.05) is 45.2 Å². The lowest BCUT2D eigenvalue weighted by Crippen LogP contribution is -1.94. The van der Waals surface area contributed by atoms with E-state index in [-0.39, 0.29) is 5.82 Å². The summed E-state index contributed by atoms with van der Waals surface area (Å²) in [5.74, 6) is 0.0649. The fourth-order valence-electron chi connectivity index (χ4n) is 0.679. The van der Waals surface area contributed by atoms with Gasteiger partial charge in [0, 0.05) is 0 Å². The highest BCUT2D eigenvalue weighted by Crippen LogP contribution is 2.24. The van der Waals surface area contributed by atoms with Gasteiger partial charge in [0.1, 0.15) is 11.6 Å². The van der Waals surface area contributed by atoms with Crippen LogP contribution in [-0.2, 0) is 0 Å². The number of ether oxygens (including phenoxy) is 1. The molecule has 0 aliphatic heterocycles. The third-order valence-electron chi connectivity index (χ3n) is 1.18. The summed E-state index contributed by atoms with van der Waals surface area (Å²) in [6, 6.07) is 2.91. The van der Waals surface area contributed by atoms with Gasteiger partial charge in [-0.15, -0.1) is 0 Å². The van der Waals surface area contributed by atoms with Crippen molar-refractivity contribution in [3.8, 4) is 5.75 Å². The van der Waals surface area contributed by atoms with Gasteiger partial charge < -0.3 is 4.74 Å². The smallest absolute Gasteiger partial charge is 0.228 e. The van der Waals surface area contributed by atoms with E-state index in [0.717, 1.165) is 0 Å². The Morgan fingerprint density at radius 3 is 2.17 bits per heavy atom. The largest absolute Gasteiger partial charge is 0.463 e. The molecule has 0 amide bonds. The predicted molar refractivity (Wildman–Crippen MR) is 58.4 cm³/mol. The van der Waals surface area contributed by atoms with Gasteiger partial charge in [-0.3, -0.25) is 0 Å². The normalized spacial score (nSPS) is 10.0. The molecular formula is C7H4F2I2O. The summed E-state index contributed by atoms with van der Waals surface area (Å²) in [7, 11) is 0. The van der Waals surface area contributed by atoms with E-state index in [1.165, 1.54) is 12.1 Å². The molecule has 0 unspecified atom stereocenters. The zero-order valence-electron chi connectivity index (χ0n) is 5.78. The van der Waals surface area contributed by atoms with Crippen LogP contribution in [0.1, 0.15) is 0 Å². The highest BCUT2D eigenvalue weighted by molar-refractivity contribution is 14.1. The highest BCUT2D eigenvalue weighted by Gasteiger charge is 2.06. The van der Waals surface area contributed by atoms with Gasteiger partial charge in [-0.2, -0.15) is 0 Å². The predicted octanol–water partition coefficient (Wildman–Crippen LogP) is 3.34. The molecule has 1 rings (SSSR count). The molecule has 1 aromatic carbocycles. The van der Waals surface area contributed by atoms with E-state index in [1.54, 1.807) is 0 Å². The number of rotatable bonds is 2. The van der Waals surface area contributed by atoms with Crippen molar-refractivity contribution in [3.05, 3.63) is 25.1 Å². The minimum atomic E-state index is -0.891. The van der Waals surface area contributed by atoms with Gasteiger partial charge in [0.05, 0.1) is 7.14 Å². The summed E-state index contributed by atoms with van der Waals surface area (Å²) < 4.78 is 30.2. The number of hydrogen-bond acceptors (Lipinski definition) is 1. The average molecular weight is 396 g/mol. The maximum atomic E-state index is 13.0. The Hall–Kier alpha value is 0.340. The zero-order valence-corrected chi connectivity index (χ0v) is 10.1. The Kier molecular flexibility index (Phi) is 3.94. The van der Waals surface area contributed by atoms with E-state index in [0.29, 0.717) is 12.9 Å². The van der Waals surface area contributed by atoms with Crippen molar-refractivity contribution in [1.29, 1.82) is 0 Å². The summed E-state index contributed by atoms with van der Waals surface area (Å²) in [6.07, 6.45) is 0. The van der Waals surface area contributed by atoms with Gasteiger partial charge in [-0.05, 0) is 57.3 Å². The van der Waals surface area contributed by atoms with Crippen LogP contribution in [0.25, 0.3) is 0 Å². The second-order valence-corrected chi connectivity index (χ2v) is 4.28. The fraction of sp³-hybridized carbons (Fsp3) is 0.143. The van der Waals surface area contributed by atoms with E-state index < -0.39 is 6.86 Å². The first kappa shape index (κ1) is 10.4. The molecule has 0 aliphatic carbocycles. The number of alkyl halides is 1. The molecule has 0 radical (unpaired) electrons. The van der Waals surface area contributed by atoms with Crippen LogP contribution in [0.15, 0.2) is 12.1 Å². The molecule has 0 atom stereocenters. The van der Waals surface area contributed by atoms with Gasteiger partial charge >= 0.3 is 0 Å². The molecule has 0 bridgehead atoms. The Morgan fingerprint density at radius 1 is 1.25 bits per heavy atom. The van der Waals surface area contributed by atoms with Crippen LogP contribution >= 0.6 is 45.2 Å². The molecule has 0 N–H and O–H groups in total. The first-order valence-corrected chi connectivity index (χ1v) is 5.14. The molecule has 0 spiro atoms. The first-order valence-electron chi connectivity index (χ1n) is 2.98. The third kappa shape index (κ3) is 2.41. The quantitative estimate of drug-likeness (QED) is 0.551. The third-order valence-corrected chi connectivity index (χ3v) is 2.75. The molecule has 66 valence electrons. The van der Waals surface area contributed by atoms with Gasteiger partial charge in [-0.1, -0.05) is 0 Å². The van der Waals surface area contributed by atoms with Crippen LogP contribution in [0.3, 0.4) is 0 Å². The zero-order chi connectivity index (χ0) is 9.14. The molecule has 5 heteroatoms. The topological polar surface area (TPSA) is 9.23 Å². The number of benzene rings is 1. The Labute approximate surface area is 95.8 Å². The van der Waals surface area contributed by atoms with Crippen LogP contribution in [0, 0.1) is 13.0 Å². The molecule has 1 aromatic rings. The summed E-state index contributed by atoms with van der Waals surface area (Å²) in [5, 5.41) is 0. The maximum absolute atomic E-state index is 13.0. The molecule has 1 nitrogen and oxygen atoms in total. The van der Waals surface area contributed by atoms with Crippen molar-refractivity contribution in [2.45, 2.75) is 0 Å². The lowest BCUT2D eigenvalue weighted by atomic mass is 10.3. The van der Waals surface area contributed by atoms with Crippen LogP contribution in [-0.4, -0.2) is 6.86 Å². The second kappa shape index (κ2) is 4.54. The lowest BCUT2D eigenvalue weighted by Gasteiger charge is -2.03. The van der Waals surface area contributed by atoms with Crippen molar-refractivity contribution in [2.24, 2.45) is 0 Å². The van der Waals surface area contributed by atoms with E-state index >= 15 is 0 Å². The van der Waals surface area contributed by atoms with Crippen LogP contribution in [0.2, 0.25) is 0 Å². The van der Waals surface area contributed by atoms with Crippen LogP contribution in [0.5, 0.6) is 5.75 Å². The molecule has 0 saturated carbocycles. The molecule has 0 aromatic heterocycles. The molecule has 0 saturated heterocycles. The van der Waals surface area contributed by atoms with Gasteiger partial charge in [0.25, 0.3) is 0 Å². The Bertz CT molecular complexity index is 268. The van der Waals surface area contributed by atoms with Crippen molar-refractivity contribution in [1.82, 2.24) is 0 Å². The molecule has 12 heavy (non-hydrogen) atoms. The van der Waals surface area contributed by atoms with Crippen molar-refractivity contribution in [3.63, 3.8) is 0 Å². The molecule has 0 fully saturated rings. The van der Waals surface area contributed by atoms with E-state index in [2.05, 4.69) is 4.74 Å².